The summed E-state index contributed by atoms with van der Waals surface area (Å²) < 4.78 is 5.25. The molecular weight excluding hydrogens is 524 g/mol. The second-order valence-electron chi connectivity index (χ2n) is 9.30. The van der Waals surface area contributed by atoms with Gasteiger partial charge in [0.1, 0.15) is 6.26 Å². The van der Waals surface area contributed by atoms with E-state index < -0.39 is 29.8 Å². The molecule has 3 rings (SSSR count). The van der Waals surface area contributed by atoms with Gasteiger partial charge in [0.05, 0.1) is 0 Å². The van der Waals surface area contributed by atoms with Crippen molar-refractivity contribution in [2.24, 2.45) is 5.92 Å². The van der Waals surface area contributed by atoms with Gasteiger partial charge in [-0.2, -0.15) is 4.98 Å². The minimum absolute atomic E-state index is 0.0724. The molecule has 0 aliphatic carbocycles. The van der Waals surface area contributed by atoms with Crippen LogP contribution in [0, 0.1) is 5.92 Å². The van der Waals surface area contributed by atoms with Crippen LogP contribution in [0.4, 0.5) is 9.59 Å². The number of imide groups is 2. The van der Waals surface area contributed by atoms with Crippen LogP contribution in [0.25, 0.3) is 0 Å². The maximum Gasteiger partial charge on any atom is 0.415 e. The molecule has 0 aliphatic heterocycles. The van der Waals surface area contributed by atoms with Gasteiger partial charge >= 0.3 is 18.0 Å². The van der Waals surface area contributed by atoms with Crippen molar-refractivity contribution < 1.29 is 28.7 Å². The van der Waals surface area contributed by atoms with E-state index in [4.69, 9.17) is 16.0 Å². The Kier molecular flexibility index (Phi) is 10.6. The fourth-order valence-electron chi connectivity index (χ4n) is 3.69. The Hall–Kier alpha value is -4.18. The molecule has 11 heteroatoms. The van der Waals surface area contributed by atoms with Crippen LogP contribution >= 0.6 is 11.6 Å². The van der Waals surface area contributed by atoms with E-state index in [1.807, 2.05) is 44.2 Å². The lowest BCUT2D eigenvalue weighted by Gasteiger charge is -2.26. The Labute approximate surface area is 231 Å². The van der Waals surface area contributed by atoms with Crippen LogP contribution in [0.15, 0.2) is 65.3 Å². The molecular formula is C28H31ClN4O6. The number of hydrogen-bond acceptors (Lipinski definition) is 6. The summed E-state index contributed by atoms with van der Waals surface area (Å²) >= 11 is 5.97. The van der Waals surface area contributed by atoms with Crippen LogP contribution in [0.2, 0.25) is 5.02 Å². The van der Waals surface area contributed by atoms with Gasteiger partial charge in [-0.25, -0.2) is 14.5 Å². The summed E-state index contributed by atoms with van der Waals surface area (Å²) in [6, 6.07) is 15.4. The molecule has 0 saturated heterocycles. The van der Waals surface area contributed by atoms with Crippen LogP contribution in [-0.4, -0.2) is 56.9 Å². The Balaban J connectivity index is 1.75. The number of hydrogen-bond donors (Lipinski definition) is 2. The summed E-state index contributed by atoms with van der Waals surface area (Å²) in [7, 11) is 0. The van der Waals surface area contributed by atoms with Crippen LogP contribution < -0.4 is 5.32 Å². The van der Waals surface area contributed by atoms with Gasteiger partial charge in [-0.3, -0.25) is 14.5 Å². The van der Waals surface area contributed by atoms with Crippen molar-refractivity contribution in [1.29, 1.82) is 0 Å². The summed E-state index contributed by atoms with van der Waals surface area (Å²) in [4.78, 5) is 56.4. The SMILES string of the molecule is CC(C)CCN(C(=O)O)C(=O)N(CCCc1ccccc1)C(=O)c1nc(C(=O)NCc2cccc(Cl)c2)co1. The molecule has 10 nitrogen and oxygen atoms in total. The molecule has 39 heavy (non-hydrogen) atoms. The zero-order valence-electron chi connectivity index (χ0n) is 21.8. The zero-order valence-corrected chi connectivity index (χ0v) is 22.6. The van der Waals surface area contributed by atoms with E-state index in [0.29, 0.717) is 29.2 Å². The molecule has 5 amide bonds. The number of nitrogens with zero attached hydrogens (tertiary/aromatic N) is 3. The maximum absolute atomic E-state index is 13.3. The molecule has 0 bridgehead atoms. The van der Waals surface area contributed by atoms with E-state index >= 15 is 0 Å². The standard InChI is InChI=1S/C28H31ClN4O6/c1-19(2)13-15-33(28(37)38)27(36)32(14-7-11-20-8-4-3-5-9-20)26(35)25-31-23(18-39-25)24(34)30-17-21-10-6-12-22(29)16-21/h3-6,8-10,12,16,18-19H,7,11,13-15,17H2,1-2H3,(H,30,34)(H,37,38). The highest BCUT2D eigenvalue weighted by Gasteiger charge is 2.33. The molecule has 0 radical (unpaired) electrons. The van der Waals surface area contributed by atoms with Crippen LogP contribution in [0.1, 0.15) is 59.0 Å². The van der Waals surface area contributed by atoms with Gasteiger partial charge in [0.2, 0.25) is 0 Å². The summed E-state index contributed by atoms with van der Waals surface area (Å²) in [5, 5.41) is 12.9. The molecule has 0 saturated carbocycles. The molecule has 0 fully saturated rings. The normalized spacial score (nSPS) is 10.8. The number of aryl methyl sites for hydroxylation is 1. The largest absolute Gasteiger partial charge is 0.465 e. The van der Waals surface area contributed by atoms with Crippen molar-refractivity contribution in [3.8, 4) is 0 Å². The fourth-order valence-corrected chi connectivity index (χ4v) is 3.90. The van der Waals surface area contributed by atoms with Crippen molar-refractivity contribution in [2.75, 3.05) is 13.1 Å². The first-order valence-electron chi connectivity index (χ1n) is 12.5. The minimum atomic E-state index is -1.46. The number of nitrogens with one attached hydrogen (secondary N) is 1. The predicted octanol–water partition coefficient (Wildman–Crippen LogP) is 5.48. The second kappa shape index (κ2) is 14.1. The number of carboxylic acid groups (broad SMARTS) is 1. The lowest BCUT2D eigenvalue weighted by molar-refractivity contribution is 0.0715. The van der Waals surface area contributed by atoms with Crippen molar-refractivity contribution in [3.63, 3.8) is 0 Å². The van der Waals surface area contributed by atoms with Gasteiger partial charge in [-0.15, -0.1) is 0 Å². The van der Waals surface area contributed by atoms with Crippen molar-refractivity contribution >= 4 is 35.5 Å². The molecule has 1 aromatic heterocycles. The van der Waals surface area contributed by atoms with E-state index in [0.717, 1.165) is 22.3 Å². The first-order chi connectivity index (χ1) is 18.7. The molecule has 206 valence electrons. The van der Waals surface area contributed by atoms with Gasteiger partial charge in [-0.05, 0) is 48.4 Å². The highest BCUT2D eigenvalue weighted by molar-refractivity contribution is 6.30. The average Bonchev–Trinajstić information content (AvgIpc) is 3.40. The topological polar surface area (TPSA) is 133 Å². The first-order valence-corrected chi connectivity index (χ1v) is 12.9. The van der Waals surface area contributed by atoms with Crippen LogP contribution in [0.5, 0.6) is 0 Å². The number of rotatable bonds is 11. The summed E-state index contributed by atoms with van der Waals surface area (Å²) in [5.74, 6) is -1.88. The molecule has 0 aliphatic rings. The highest BCUT2D eigenvalue weighted by Crippen LogP contribution is 2.14. The maximum atomic E-state index is 13.3. The summed E-state index contributed by atoms with van der Waals surface area (Å²) in [6.07, 6.45) is 0.919. The molecule has 0 spiro atoms. The highest BCUT2D eigenvalue weighted by atomic mass is 35.5. The monoisotopic (exact) mass is 554 g/mol. The zero-order chi connectivity index (χ0) is 28.4. The predicted molar refractivity (Wildman–Crippen MR) is 145 cm³/mol. The smallest absolute Gasteiger partial charge is 0.415 e. The van der Waals surface area contributed by atoms with E-state index in [-0.39, 0.29) is 31.2 Å². The number of oxazole rings is 1. The molecule has 0 unspecified atom stereocenters. The van der Waals surface area contributed by atoms with Crippen molar-refractivity contribution in [1.82, 2.24) is 20.1 Å². The molecule has 1 heterocycles. The summed E-state index contributed by atoms with van der Waals surface area (Å²) in [6.45, 7) is 3.83. The molecule has 2 N–H and O–H groups in total. The average molecular weight is 555 g/mol. The Morgan fingerprint density at radius 1 is 1.00 bits per heavy atom. The molecule has 0 atom stereocenters. The van der Waals surface area contributed by atoms with Gasteiger partial charge in [0.25, 0.3) is 11.8 Å². The third-order valence-corrected chi connectivity index (χ3v) is 6.05. The molecule has 2 aromatic carbocycles. The van der Waals surface area contributed by atoms with Gasteiger partial charge in [-0.1, -0.05) is 67.9 Å². The van der Waals surface area contributed by atoms with Gasteiger partial charge < -0.3 is 14.8 Å². The number of aromatic nitrogens is 1. The van der Waals surface area contributed by atoms with E-state index in [9.17, 15) is 24.3 Å². The minimum Gasteiger partial charge on any atom is -0.465 e. The Morgan fingerprint density at radius 2 is 1.72 bits per heavy atom. The quantitative estimate of drug-likeness (QED) is 0.320. The van der Waals surface area contributed by atoms with E-state index in [1.54, 1.807) is 24.3 Å². The number of amides is 5. The van der Waals surface area contributed by atoms with Crippen molar-refractivity contribution in [3.05, 3.63) is 88.6 Å². The number of urea groups is 1. The Morgan fingerprint density at radius 3 is 2.38 bits per heavy atom. The lowest BCUT2D eigenvalue weighted by Crippen LogP contribution is -2.49. The number of benzene rings is 2. The summed E-state index contributed by atoms with van der Waals surface area (Å²) in [5.41, 5.74) is 1.61. The third-order valence-electron chi connectivity index (χ3n) is 5.82. The van der Waals surface area contributed by atoms with E-state index in [1.165, 1.54) is 0 Å². The lowest BCUT2D eigenvalue weighted by atomic mass is 10.1. The Bertz CT molecular complexity index is 1290. The molecule has 3 aromatic rings. The van der Waals surface area contributed by atoms with E-state index in [2.05, 4.69) is 10.3 Å². The van der Waals surface area contributed by atoms with Crippen molar-refractivity contribution in [2.45, 2.75) is 39.7 Å². The second-order valence-corrected chi connectivity index (χ2v) is 9.73. The first kappa shape index (κ1) is 29.4. The number of carbonyl (C=O) groups excluding carboxylic acids is 3. The van der Waals surface area contributed by atoms with Crippen LogP contribution in [0.3, 0.4) is 0 Å². The number of carbonyl (C=O) groups is 4. The fraction of sp³-hybridized carbons (Fsp3) is 0.321. The third kappa shape index (κ3) is 8.68. The van der Waals surface area contributed by atoms with Gasteiger partial charge in [0, 0.05) is 24.7 Å². The number of halogens is 1. The van der Waals surface area contributed by atoms with Gasteiger partial charge in [0.15, 0.2) is 5.69 Å². The van der Waals surface area contributed by atoms with Crippen LogP contribution in [-0.2, 0) is 13.0 Å².